The lowest BCUT2D eigenvalue weighted by molar-refractivity contribution is 0.0619. The Kier molecular flexibility index (Phi) is 4.68. The number of hydrogen-bond acceptors (Lipinski definition) is 2. The normalized spacial score (nSPS) is 17.3. The molecule has 1 heterocycles. The summed E-state index contributed by atoms with van der Waals surface area (Å²) in [6, 6.07) is 24.0. The number of hydrogen-bond donors (Lipinski definition) is 1. The van der Waals surface area contributed by atoms with E-state index in [0.717, 1.165) is 34.4 Å². The SMILES string of the molecule is Cc1ccc2c(c1)[C@@H](NC(=O)c1ccc(-c3ccccc3)cc1)CC(C)(C)O2. The van der Waals surface area contributed by atoms with Crippen molar-refractivity contribution < 1.29 is 9.53 Å². The highest BCUT2D eigenvalue weighted by atomic mass is 16.5. The molecule has 1 N–H and O–H groups in total. The van der Waals surface area contributed by atoms with E-state index in [1.807, 2.05) is 54.6 Å². The maximum Gasteiger partial charge on any atom is 0.251 e. The Balaban J connectivity index is 1.56. The van der Waals surface area contributed by atoms with Gasteiger partial charge in [-0.2, -0.15) is 0 Å². The summed E-state index contributed by atoms with van der Waals surface area (Å²) in [5, 5.41) is 3.21. The number of benzene rings is 3. The minimum Gasteiger partial charge on any atom is -0.487 e. The van der Waals surface area contributed by atoms with Crippen LogP contribution in [0.2, 0.25) is 0 Å². The maximum absolute atomic E-state index is 12.9. The molecule has 0 bridgehead atoms. The van der Waals surface area contributed by atoms with Gasteiger partial charge in [0.25, 0.3) is 5.91 Å². The van der Waals surface area contributed by atoms with E-state index >= 15 is 0 Å². The number of carbonyl (C=O) groups is 1. The zero-order valence-electron chi connectivity index (χ0n) is 16.5. The van der Waals surface area contributed by atoms with Gasteiger partial charge in [-0.3, -0.25) is 4.79 Å². The standard InChI is InChI=1S/C25H25NO2/c1-17-9-14-23-21(15-17)22(16-25(2,3)28-23)26-24(27)20-12-10-19(11-13-20)18-7-5-4-6-8-18/h4-15,22H,16H2,1-3H3,(H,26,27)/t22-/m0/s1. The Morgan fingerprint density at radius 3 is 2.36 bits per heavy atom. The van der Waals surface area contributed by atoms with Crippen LogP contribution in [0.1, 0.15) is 47.8 Å². The average Bonchev–Trinajstić information content (AvgIpc) is 2.69. The van der Waals surface area contributed by atoms with Crippen LogP contribution in [0, 0.1) is 6.92 Å². The second-order valence-corrected chi connectivity index (χ2v) is 8.08. The second-order valence-electron chi connectivity index (χ2n) is 8.08. The number of rotatable bonds is 3. The molecule has 0 saturated heterocycles. The molecule has 3 heteroatoms. The first-order valence-electron chi connectivity index (χ1n) is 9.67. The lowest BCUT2D eigenvalue weighted by Crippen LogP contribution is -2.41. The quantitative estimate of drug-likeness (QED) is 0.642. The van der Waals surface area contributed by atoms with E-state index in [2.05, 4.69) is 44.3 Å². The molecular formula is C25H25NO2. The van der Waals surface area contributed by atoms with Crippen LogP contribution in [0.25, 0.3) is 11.1 Å². The highest BCUT2D eigenvalue weighted by molar-refractivity contribution is 5.95. The van der Waals surface area contributed by atoms with E-state index in [1.54, 1.807) is 0 Å². The van der Waals surface area contributed by atoms with Crippen LogP contribution in [0.3, 0.4) is 0 Å². The van der Waals surface area contributed by atoms with Crippen LogP contribution in [0.4, 0.5) is 0 Å². The average molecular weight is 371 g/mol. The molecule has 142 valence electrons. The number of ether oxygens (including phenoxy) is 1. The molecule has 0 saturated carbocycles. The Hall–Kier alpha value is -3.07. The molecule has 0 aliphatic carbocycles. The van der Waals surface area contributed by atoms with Gasteiger partial charge in [0.1, 0.15) is 11.4 Å². The van der Waals surface area contributed by atoms with E-state index < -0.39 is 0 Å². The fourth-order valence-electron chi connectivity index (χ4n) is 3.79. The van der Waals surface area contributed by atoms with Crippen molar-refractivity contribution in [1.82, 2.24) is 5.32 Å². The Morgan fingerprint density at radius 1 is 0.964 bits per heavy atom. The monoisotopic (exact) mass is 371 g/mol. The van der Waals surface area contributed by atoms with E-state index in [-0.39, 0.29) is 17.6 Å². The van der Waals surface area contributed by atoms with Gasteiger partial charge in [-0.1, -0.05) is 60.2 Å². The van der Waals surface area contributed by atoms with Crippen molar-refractivity contribution in [2.75, 3.05) is 0 Å². The molecule has 28 heavy (non-hydrogen) atoms. The zero-order valence-corrected chi connectivity index (χ0v) is 16.5. The van der Waals surface area contributed by atoms with Crippen molar-refractivity contribution in [3.8, 4) is 16.9 Å². The number of aryl methyl sites for hydroxylation is 1. The van der Waals surface area contributed by atoms with Gasteiger partial charge in [0.15, 0.2) is 0 Å². The molecule has 3 aromatic carbocycles. The maximum atomic E-state index is 12.9. The number of amides is 1. The van der Waals surface area contributed by atoms with Crippen LogP contribution >= 0.6 is 0 Å². The number of carbonyl (C=O) groups excluding carboxylic acids is 1. The van der Waals surface area contributed by atoms with Crippen molar-refractivity contribution in [3.63, 3.8) is 0 Å². The lowest BCUT2D eigenvalue weighted by Gasteiger charge is -2.38. The lowest BCUT2D eigenvalue weighted by atomic mass is 9.88. The van der Waals surface area contributed by atoms with Crippen LogP contribution in [-0.2, 0) is 0 Å². The highest BCUT2D eigenvalue weighted by Crippen LogP contribution is 2.40. The van der Waals surface area contributed by atoms with Crippen molar-refractivity contribution in [2.24, 2.45) is 0 Å². The summed E-state index contributed by atoms with van der Waals surface area (Å²) >= 11 is 0. The van der Waals surface area contributed by atoms with Crippen LogP contribution in [-0.4, -0.2) is 11.5 Å². The van der Waals surface area contributed by atoms with Gasteiger partial charge >= 0.3 is 0 Å². The molecule has 3 nitrogen and oxygen atoms in total. The fourth-order valence-corrected chi connectivity index (χ4v) is 3.79. The summed E-state index contributed by atoms with van der Waals surface area (Å²) in [4.78, 5) is 12.9. The minimum absolute atomic E-state index is 0.0604. The van der Waals surface area contributed by atoms with Crippen molar-refractivity contribution in [2.45, 2.75) is 38.8 Å². The summed E-state index contributed by atoms with van der Waals surface area (Å²) in [6.07, 6.45) is 0.733. The Morgan fingerprint density at radius 2 is 1.64 bits per heavy atom. The van der Waals surface area contributed by atoms with E-state index in [4.69, 9.17) is 4.74 Å². The van der Waals surface area contributed by atoms with E-state index in [1.165, 1.54) is 0 Å². The van der Waals surface area contributed by atoms with E-state index in [9.17, 15) is 4.79 Å². The van der Waals surface area contributed by atoms with Gasteiger partial charge < -0.3 is 10.1 Å². The summed E-state index contributed by atoms with van der Waals surface area (Å²) < 4.78 is 6.11. The van der Waals surface area contributed by atoms with Gasteiger partial charge in [0.05, 0.1) is 6.04 Å². The smallest absolute Gasteiger partial charge is 0.251 e. The highest BCUT2D eigenvalue weighted by Gasteiger charge is 2.34. The molecule has 1 aliphatic rings. The number of nitrogens with one attached hydrogen (secondary N) is 1. The van der Waals surface area contributed by atoms with E-state index in [0.29, 0.717) is 5.56 Å². The Bertz CT molecular complexity index is 991. The predicted molar refractivity (Wildman–Crippen MR) is 113 cm³/mol. The van der Waals surface area contributed by atoms with Gasteiger partial charge in [-0.05, 0) is 50.1 Å². The molecule has 1 aliphatic heterocycles. The predicted octanol–water partition coefficient (Wildman–Crippen LogP) is 5.69. The van der Waals surface area contributed by atoms with Crippen molar-refractivity contribution in [3.05, 3.63) is 89.5 Å². The first-order chi connectivity index (χ1) is 13.4. The molecule has 4 rings (SSSR count). The summed E-state index contributed by atoms with van der Waals surface area (Å²) in [7, 11) is 0. The summed E-state index contributed by atoms with van der Waals surface area (Å²) in [6.45, 7) is 6.18. The summed E-state index contributed by atoms with van der Waals surface area (Å²) in [5.74, 6) is 0.793. The zero-order chi connectivity index (χ0) is 19.7. The van der Waals surface area contributed by atoms with Gasteiger partial charge in [0.2, 0.25) is 0 Å². The number of fused-ring (bicyclic) bond motifs is 1. The van der Waals surface area contributed by atoms with Gasteiger partial charge in [-0.15, -0.1) is 0 Å². The molecule has 3 aromatic rings. The molecule has 0 aromatic heterocycles. The Labute approximate surface area is 166 Å². The van der Waals surface area contributed by atoms with Crippen LogP contribution < -0.4 is 10.1 Å². The molecule has 0 spiro atoms. The summed E-state index contributed by atoms with van der Waals surface area (Å²) in [5.41, 5.74) is 4.80. The molecule has 1 amide bonds. The topological polar surface area (TPSA) is 38.3 Å². The third-order valence-electron chi connectivity index (χ3n) is 5.18. The largest absolute Gasteiger partial charge is 0.487 e. The van der Waals surface area contributed by atoms with Crippen molar-refractivity contribution >= 4 is 5.91 Å². The van der Waals surface area contributed by atoms with Crippen molar-refractivity contribution in [1.29, 1.82) is 0 Å². The van der Waals surface area contributed by atoms with Crippen LogP contribution in [0.5, 0.6) is 5.75 Å². The first-order valence-corrected chi connectivity index (χ1v) is 9.67. The minimum atomic E-state index is -0.322. The first kappa shape index (κ1) is 18.3. The molecular weight excluding hydrogens is 346 g/mol. The van der Waals surface area contributed by atoms with Gasteiger partial charge in [0, 0.05) is 17.5 Å². The second kappa shape index (κ2) is 7.16. The molecule has 0 radical (unpaired) electrons. The molecule has 0 fully saturated rings. The third kappa shape index (κ3) is 3.79. The molecule has 1 atom stereocenters. The third-order valence-corrected chi connectivity index (χ3v) is 5.18. The van der Waals surface area contributed by atoms with Crippen LogP contribution in [0.15, 0.2) is 72.8 Å². The fraction of sp³-hybridized carbons (Fsp3) is 0.240. The van der Waals surface area contributed by atoms with Gasteiger partial charge in [-0.25, -0.2) is 0 Å². The molecule has 0 unspecified atom stereocenters.